The number of aryl methyl sites for hydroxylation is 1. The van der Waals surface area contributed by atoms with Crippen LogP contribution in [0.1, 0.15) is 30.3 Å². The summed E-state index contributed by atoms with van der Waals surface area (Å²) in [6, 6.07) is 6.71. The third kappa shape index (κ3) is 4.08. The number of likely N-dealkylation sites (tertiary alicyclic amines) is 1. The molecule has 150 valence electrons. The van der Waals surface area contributed by atoms with E-state index in [2.05, 4.69) is 20.2 Å². The molecular formula is C20H19F2N5O2. The van der Waals surface area contributed by atoms with E-state index < -0.39 is 17.7 Å². The lowest BCUT2D eigenvalue weighted by Crippen LogP contribution is -2.39. The average Bonchev–Trinajstić information content (AvgIpc) is 3.19. The van der Waals surface area contributed by atoms with Gasteiger partial charge in [0.15, 0.2) is 11.6 Å². The predicted molar refractivity (Wildman–Crippen MR) is 100 cm³/mol. The highest BCUT2D eigenvalue weighted by atomic mass is 19.1. The Morgan fingerprint density at radius 2 is 2.03 bits per heavy atom. The van der Waals surface area contributed by atoms with E-state index in [1.807, 2.05) is 0 Å². The van der Waals surface area contributed by atoms with Crippen LogP contribution in [0.2, 0.25) is 0 Å². The number of hydrogen-bond donors (Lipinski definition) is 1. The van der Waals surface area contributed by atoms with Crippen molar-refractivity contribution in [1.29, 1.82) is 0 Å². The summed E-state index contributed by atoms with van der Waals surface area (Å²) in [5, 5.41) is 6.90. The summed E-state index contributed by atoms with van der Waals surface area (Å²) in [6.45, 7) is 2.79. The van der Waals surface area contributed by atoms with E-state index in [0.29, 0.717) is 43.2 Å². The lowest BCUT2D eigenvalue weighted by atomic mass is 9.96. The van der Waals surface area contributed by atoms with Gasteiger partial charge in [0.05, 0.1) is 11.3 Å². The molecule has 0 atom stereocenters. The summed E-state index contributed by atoms with van der Waals surface area (Å²) in [6.07, 6.45) is 2.57. The molecule has 4 rings (SSSR count). The summed E-state index contributed by atoms with van der Waals surface area (Å²) >= 11 is 0. The molecule has 7 nitrogen and oxygen atoms in total. The number of halogens is 2. The van der Waals surface area contributed by atoms with Crippen LogP contribution in [0.25, 0.3) is 11.4 Å². The third-order valence-corrected chi connectivity index (χ3v) is 4.97. The fourth-order valence-electron chi connectivity index (χ4n) is 3.32. The van der Waals surface area contributed by atoms with Crippen molar-refractivity contribution in [3.63, 3.8) is 0 Å². The van der Waals surface area contributed by atoms with Crippen molar-refractivity contribution >= 4 is 6.09 Å². The summed E-state index contributed by atoms with van der Waals surface area (Å²) in [5.41, 5.74) is 0.791. The number of nitrogens with zero attached hydrogens (tertiary/aromatic N) is 4. The maximum absolute atomic E-state index is 13.9. The van der Waals surface area contributed by atoms with E-state index in [0.717, 1.165) is 6.07 Å². The van der Waals surface area contributed by atoms with Crippen LogP contribution in [0.3, 0.4) is 0 Å². The van der Waals surface area contributed by atoms with Crippen molar-refractivity contribution in [1.82, 2.24) is 25.1 Å². The van der Waals surface area contributed by atoms with Gasteiger partial charge in [0, 0.05) is 31.3 Å². The van der Waals surface area contributed by atoms with Gasteiger partial charge in [-0.2, -0.15) is 5.10 Å². The van der Waals surface area contributed by atoms with Crippen molar-refractivity contribution in [2.24, 2.45) is 0 Å². The molecule has 1 fully saturated rings. The number of rotatable bonds is 3. The Hall–Kier alpha value is -3.36. The Morgan fingerprint density at radius 1 is 1.24 bits per heavy atom. The van der Waals surface area contributed by atoms with E-state index in [4.69, 9.17) is 4.74 Å². The van der Waals surface area contributed by atoms with E-state index in [-0.39, 0.29) is 17.3 Å². The van der Waals surface area contributed by atoms with Gasteiger partial charge in [-0.05, 0) is 44.0 Å². The SMILES string of the molecule is Cc1ncccc1OC(=O)N1CCC(c2nc(-c3ccc(F)cc3F)n[nH]2)CC1. The fraction of sp³-hybridized carbons (Fsp3) is 0.300. The number of carbonyl (C=O) groups is 1. The predicted octanol–water partition coefficient (Wildman–Crippen LogP) is 3.83. The summed E-state index contributed by atoms with van der Waals surface area (Å²) < 4.78 is 32.5. The molecule has 0 spiro atoms. The minimum Gasteiger partial charge on any atom is -0.408 e. The first-order valence-corrected chi connectivity index (χ1v) is 9.27. The van der Waals surface area contributed by atoms with Crippen LogP contribution in [0.4, 0.5) is 13.6 Å². The molecule has 29 heavy (non-hydrogen) atoms. The number of H-pyrrole nitrogens is 1. The number of ether oxygens (including phenoxy) is 1. The zero-order valence-corrected chi connectivity index (χ0v) is 15.7. The molecule has 3 heterocycles. The van der Waals surface area contributed by atoms with Crippen molar-refractivity contribution in [3.05, 3.63) is 59.7 Å². The first-order valence-electron chi connectivity index (χ1n) is 9.27. The van der Waals surface area contributed by atoms with E-state index in [1.54, 1.807) is 30.2 Å². The van der Waals surface area contributed by atoms with Gasteiger partial charge in [-0.15, -0.1) is 0 Å². The number of aromatic nitrogens is 4. The van der Waals surface area contributed by atoms with Crippen LogP contribution in [-0.2, 0) is 0 Å². The number of carbonyl (C=O) groups excluding carboxylic acids is 1. The molecule has 1 saturated heterocycles. The van der Waals surface area contributed by atoms with E-state index in [9.17, 15) is 13.6 Å². The molecule has 9 heteroatoms. The topological polar surface area (TPSA) is 84.0 Å². The Morgan fingerprint density at radius 3 is 2.76 bits per heavy atom. The highest BCUT2D eigenvalue weighted by molar-refractivity contribution is 5.71. The van der Waals surface area contributed by atoms with E-state index >= 15 is 0 Å². The second-order valence-corrected chi connectivity index (χ2v) is 6.88. The van der Waals surface area contributed by atoms with Gasteiger partial charge in [-0.1, -0.05) is 0 Å². The Balaban J connectivity index is 1.38. The average molecular weight is 399 g/mol. The monoisotopic (exact) mass is 399 g/mol. The van der Waals surface area contributed by atoms with Gasteiger partial charge in [0.1, 0.15) is 17.5 Å². The number of amides is 1. The summed E-state index contributed by atoms with van der Waals surface area (Å²) in [5.74, 6) is -0.0439. The van der Waals surface area contributed by atoms with Gasteiger partial charge >= 0.3 is 6.09 Å². The Kier molecular flexibility index (Phi) is 5.20. The molecule has 0 saturated carbocycles. The highest BCUT2D eigenvalue weighted by Gasteiger charge is 2.27. The normalized spacial score (nSPS) is 14.8. The third-order valence-electron chi connectivity index (χ3n) is 4.97. The molecule has 1 N–H and O–H groups in total. The Bertz CT molecular complexity index is 1030. The van der Waals surface area contributed by atoms with Crippen LogP contribution >= 0.6 is 0 Å². The lowest BCUT2D eigenvalue weighted by molar-refractivity contribution is 0.137. The number of piperidine rings is 1. The number of pyridine rings is 1. The quantitative estimate of drug-likeness (QED) is 0.724. The van der Waals surface area contributed by atoms with Crippen molar-refractivity contribution in [2.75, 3.05) is 13.1 Å². The number of aromatic amines is 1. The molecule has 1 amide bonds. The van der Waals surface area contributed by atoms with Crippen molar-refractivity contribution < 1.29 is 18.3 Å². The summed E-state index contributed by atoms with van der Waals surface area (Å²) in [4.78, 5) is 22.5. The first kappa shape index (κ1) is 19.0. The van der Waals surface area contributed by atoms with Crippen LogP contribution < -0.4 is 4.74 Å². The second kappa shape index (κ2) is 7.94. The van der Waals surface area contributed by atoms with Gasteiger partial charge < -0.3 is 9.64 Å². The largest absolute Gasteiger partial charge is 0.415 e. The molecule has 0 unspecified atom stereocenters. The Labute approximate surface area is 165 Å². The first-order chi connectivity index (χ1) is 14.0. The fourth-order valence-corrected chi connectivity index (χ4v) is 3.32. The molecule has 0 bridgehead atoms. The zero-order chi connectivity index (χ0) is 20.4. The summed E-state index contributed by atoms with van der Waals surface area (Å²) in [7, 11) is 0. The zero-order valence-electron chi connectivity index (χ0n) is 15.7. The van der Waals surface area contributed by atoms with Gasteiger partial charge in [-0.3, -0.25) is 10.1 Å². The minimum atomic E-state index is -0.709. The molecular weight excluding hydrogens is 380 g/mol. The van der Waals surface area contributed by atoms with Gasteiger partial charge in [0.2, 0.25) is 0 Å². The minimum absolute atomic E-state index is 0.0592. The van der Waals surface area contributed by atoms with Gasteiger partial charge in [-0.25, -0.2) is 18.6 Å². The molecule has 2 aromatic heterocycles. The smallest absolute Gasteiger partial charge is 0.408 e. The molecule has 1 aliphatic heterocycles. The number of hydrogen-bond acceptors (Lipinski definition) is 5. The molecule has 1 aliphatic rings. The maximum Gasteiger partial charge on any atom is 0.415 e. The molecule has 3 aromatic rings. The highest BCUT2D eigenvalue weighted by Crippen LogP contribution is 2.28. The van der Waals surface area contributed by atoms with Crippen molar-refractivity contribution in [3.8, 4) is 17.1 Å². The maximum atomic E-state index is 13.9. The molecule has 0 radical (unpaired) electrons. The standard InChI is InChI=1S/C20H19F2N5O2/c1-12-17(3-2-8-23-12)29-20(28)27-9-6-13(7-10-27)18-24-19(26-25-18)15-5-4-14(21)11-16(15)22/h2-5,8,11,13H,6-7,9-10H2,1H3,(H,24,25,26). The van der Waals surface area contributed by atoms with E-state index in [1.165, 1.54) is 12.1 Å². The van der Waals surface area contributed by atoms with Crippen LogP contribution in [0.5, 0.6) is 5.75 Å². The van der Waals surface area contributed by atoms with Crippen molar-refractivity contribution in [2.45, 2.75) is 25.7 Å². The molecule has 1 aromatic carbocycles. The second-order valence-electron chi connectivity index (χ2n) is 6.88. The van der Waals surface area contributed by atoms with Gasteiger partial charge in [0.25, 0.3) is 0 Å². The van der Waals surface area contributed by atoms with Crippen LogP contribution in [0, 0.1) is 18.6 Å². The number of nitrogens with one attached hydrogen (secondary N) is 1. The number of benzene rings is 1. The lowest BCUT2D eigenvalue weighted by Gasteiger charge is -2.30. The van der Waals surface area contributed by atoms with Crippen LogP contribution in [0.15, 0.2) is 36.5 Å². The van der Waals surface area contributed by atoms with Crippen LogP contribution in [-0.4, -0.2) is 44.2 Å². The molecule has 0 aliphatic carbocycles.